The number of halogens is 1. The third kappa shape index (κ3) is 5.45. The monoisotopic (exact) mass is 424 g/mol. The summed E-state index contributed by atoms with van der Waals surface area (Å²) in [6.07, 6.45) is 0.866. The zero-order chi connectivity index (χ0) is 19.1. The second kappa shape index (κ2) is 9.18. The molecular formula is C16H21BrN6O3. The Hall–Kier alpha value is -2.62. The van der Waals surface area contributed by atoms with Crippen molar-refractivity contribution in [3.05, 3.63) is 29.3 Å². The maximum Gasteiger partial charge on any atom is 0.252 e. The zero-order valence-electron chi connectivity index (χ0n) is 14.0. The number of alkyl halides is 1. The summed E-state index contributed by atoms with van der Waals surface area (Å²) in [6.45, 7) is 0.130. The van der Waals surface area contributed by atoms with E-state index in [2.05, 4.69) is 36.9 Å². The van der Waals surface area contributed by atoms with E-state index in [1.54, 1.807) is 18.2 Å². The molecule has 0 saturated heterocycles. The van der Waals surface area contributed by atoms with Gasteiger partial charge in [-0.3, -0.25) is 19.4 Å². The summed E-state index contributed by atoms with van der Waals surface area (Å²) in [5, 5.41) is 8.40. The molecule has 3 amide bonds. The Morgan fingerprint density at radius 2 is 2.04 bits per heavy atom. The number of fused-ring (bicyclic) bond motifs is 2. The molecule has 9 nitrogen and oxygen atoms in total. The minimum absolute atomic E-state index is 0.0250. The van der Waals surface area contributed by atoms with Gasteiger partial charge in [-0.1, -0.05) is 22.0 Å². The van der Waals surface area contributed by atoms with Crippen molar-refractivity contribution in [1.29, 1.82) is 0 Å². The van der Waals surface area contributed by atoms with Gasteiger partial charge in [-0.2, -0.15) is 0 Å². The lowest BCUT2D eigenvalue weighted by Gasteiger charge is -2.18. The van der Waals surface area contributed by atoms with Gasteiger partial charge in [0, 0.05) is 23.1 Å². The Morgan fingerprint density at radius 1 is 1.27 bits per heavy atom. The zero-order valence-corrected chi connectivity index (χ0v) is 15.6. The summed E-state index contributed by atoms with van der Waals surface area (Å²) >= 11 is 3.32. The van der Waals surface area contributed by atoms with Crippen molar-refractivity contribution < 1.29 is 14.4 Å². The molecule has 1 aromatic carbocycles. The fraction of sp³-hybridized carbons (Fsp3) is 0.375. The van der Waals surface area contributed by atoms with E-state index in [0.29, 0.717) is 36.0 Å². The first-order valence-corrected chi connectivity index (χ1v) is 9.15. The number of carbonyl (C=O) groups is 3. The highest BCUT2D eigenvalue weighted by Crippen LogP contribution is 2.19. The number of rotatable bonds is 5. The molecule has 7 N–H and O–H groups in total. The van der Waals surface area contributed by atoms with Crippen molar-refractivity contribution in [3.63, 3.8) is 0 Å². The van der Waals surface area contributed by atoms with E-state index in [1.807, 2.05) is 0 Å². The lowest BCUT2D eigenvalue weighted by atomic mass is 10.1. The van der Waals surface area contributed by atoms with Crippen LogP contribution in [0.3, 0.4) is 0 Å². The Labute approximate surface area is 159 Å². The van der Waals surface area contributed by atoms with Crippen LogP contribution >= 0.6 is 15.9 Å². The summed E-state index contributed by atoms with van der Waals surface area (Å²) in [5.41, 5.74) is 12.2. The number of hydrogen-bond donors (Lipinski definition) is 5. The Kier molecular flexibility index (Phi) is 6.96. The number of aliphatic imine (C=N–C) groups is 1. The van der Waals surface area contributed by atoms with Gasteiger partial charge in [-0.05, 0) is 30.5 Å². The van der Waals surface area contributed by atoms with E-state index in [0.717, 1.165) is 5.56 Å². The number of carbonyl (C=O) groups excluding carboxylic acids is 3. The van der Waals surface area contributed by atoms with E-state index < -0.39 is 11.9 Å². The number of anilines is 1. The van der Waals surface area contributed by atoms with Crippen molar-refractivity contribution in [3.8, 4) is 0 Å². The molecule has 1 heterocycles. The number of nitrogens with two attached hydrogens (primary N) is 2. The van der Waals surface area contributed by atoms with Crippen LogP contribution in [0.4, 0.5) is 5.69 Å². The van der Waals surface area contributed by atoms with Gasteiger partial charge in [-0.15, -0.1) is 0 Å². The highest BCUT2D eigenvalue weighted by molar-refractivity contribution is 9.08. The summed E-state index contributed by atoms with van der Waals surface area (Å²) < 4.78 is 0. The van der Waals surface area contributed by atoms with Crippen molar-refractivity contribution in [2.24, 2.45) is 16.5 Å². The van der Waals surface area contributed by atoms with Gasteiger partial charge < -0.3 is 27.4 Å². The average molecular weight is 425 g/mol. The van der Waals surface area contributed by atoms with E-state index in [-0.39, 0.29) is 24.3 Å². The molecular weight excluding hydrogens is 404 g/mol. The lowest BCUT2D eigenvalue weighted by Crippen LogP contribution is -2.47. The maximum absolute atomic E-state index is 12.5. The van der Waals surface area contributed by atoms with Crippen LogP contribution in [-0.2, 0) is 14.9 Å². The normalized spacial score (nSPS) is 17.4. The molecule has 0 saturated carbocycles. The van der Waals surface area contributed by atoms with E-state index in [1.165, 1.54) is 0 Å². The molecule has 1 aromatic rings. The predicted molar refractivity (Wildman–Crippen MR) is 102 cm³/mol. The molecule has 2 bridgehead atoms. The molecule has 0 fully saturated rings. The van der Waals surface area contributed by atoms with Crippen LogP contribution in [0.2, 0.25) is 0 Å². The topological polar surface area (TPSA) is 152 Å². The van der Waals surface area contributed by atoms with Crippen LogP contribution in [0, 0.1) is 0 Å². The minimum atomic E-state index is -0.758. The van der Waals surface area contributed by atoms with Gasteiger partial charge in [-0.25, -0.2) is 0 Å². The molecule has 140 valence electrons. The molecule has 10 heteroatoms. The van der Waals surface area contributed by atoms with E-state index in [9.17, 15) is 14.4 Å². The predicted octanol–water partition coefficient (Wildman–Crippen LogP) is -0.198. The summed E-state index contributed by atoms with van der Waals surface area (Å²) in [6, 6.07) is 4.29. The minimum Gasteiger partial charge on any atom is -0.370 e. The van der Waals surface area contributed by atoms with Crippen LogP contribution in [0.1, 0.15) is 28.8 Å². The van der Waals surface area contributed by atoms with Crippen molar-refractivity contribution >= 4 is 45.3 Å². The van der Waals surface area contributed by atoms with Crippen molar-refractivity contribution in [2.75, 3.05) is 18.4 Å². The smallest absolute Gasteiger partial charge is 0.252 e. The van der Waals surface area contributed by atoms with E-state index >= 15 is 0 Å². The molecule has 1 atom stereocenters. The van der Waals surface area contributed by atoms with Gasteiger partial charge in [0.25, 0.3) is 5.91 Å². The van der Waals surface area contributed by atoms with Gasteiger partial charge in [0.15, 0.2) is 5.96 Å². The first-order valence-electron chi connectivity index (χ1n) is 8.03. The summed E-state index contributed by atoms with van der Waals surface area (Å²) in [4.78, 5) is 40.8. The first-order chi connectivity index (χ1) is 12.4. The van der Waals surface area contributed by atoms with Crippen molar-refractivity contribution in [1.82, 2.24) is 10.6 Å². The Morgan fingerprint density at radius 3 is 2.73 bits per heavy atom. The van der Waals surface area contributed by atoms with Crippen molar-refractivity contribution in [2.45, 2.75) is 24.2 Å². The number of nitrogens with zero attached hydrogens (tertiary/aromatic N) is 1. The molecule has 0 aromatic heterocycles. The van der Waals surface area contributed by atoms with Crippen LogP contribution < -0.4 is 27.4 Å². The molecule has 1 aliphatic heterocycles. The molecule has 0 aliphatic carbocycles. The third-order valence-electron chi connectivity index (χ3n) is 3.77. The number of guanidine groups is 1. The highest BCUT2D eigenvalue weighted by Gasteiger charge is 2.23. The molecule has 26 heavy (non-hydrogen) atoms. The SMILES string of the molecule is NC(N)=NCCCC1NC(=O)CNC(=O)c2cc(ccc2CBr)NC1=O. The molecule has 0 spiro atoms. The Balaban J connectivity index is 2.20. The van der Waals surface area contributed by atoms with Gasteiger partial charge >= 0.3 is 0 Å². The summed E-state index contributed by atoms with van der Waals surface area (Å²) in [7, 11) is 0. The number of nitrogens with one attached hydrogen (secondary N) is 3. The number of benzene rings is 1. The van der Waals surface area contributed by atoms with Gasteiger partial charge in [0.05, 0.1) is 6.54 Å². The quantitative estimate of drug-likeness (QED) is 0.192. The first kappa shape index (κ1) is 19.7. The lowest BCUT2D eigenvalue weighted by molar-refractivity contribution is -0.126. The van der Waals surface area contributed by atoms with Crippen LogP contribution in [0.5, 0.6) is 0 Å². The van der Waals surface area contributed by atoms with Crippen LogP contribution in [0.25, 0.3) is 0 Å². The molecule has 1 unspecified atom stereocenters. The fourth-order valence-electron chi connectivity index (χ4n) is 2.49. The van der Waals surface area contributed by atoms with E-state index in [4.69, 9.17) is 11.5 Å². The fourth-order valence-corrected chi connectivity index (χ4v) is 2.97. The number of hydrogen-bond acceptors (Lipinski definition) is 4. The molecule has 2 rings (SSSR count). The molecule has 1 aliphatic rings. The standard InChI is InChI=1S/C16H21BrN6O3/c17-7-9-3-4-10-6-11(9)14(25)21-8-13(24)23-12(15(26)22-10)2-1-5-20-16(18)19/h3-4,6,12H,1-2,5,7-8H2,(H,21,25)(H,22,26)(H,23,24)(H4,18,19,20). The Bertz CT molecular complexity index is 733. The van der Waals surface area contributed by atoms with Crippen LogP contribution in [-0.4, -0.2) is 42.8 Å². The average Bonchev–Trinajstić information content (AvgIpc) is 2.62. The summed E-state index contributed by atoms with van der Waals surface area (Å²) in [5.74, 6) is -1.22. The maximum atomic E-state index is 12.5. The van der Waals surface area contributed by atoms with Gasteiger partial charge in [0.1, 0.15) is 6.04 Å². The second-order valence-electron chi connectivity index (χ2n) is 5.75. The highest BCUT2D eigenvalue weighted by atomic mass is 79.9. The third-order valence-corrected chi connectivity index (χ3v) is 4.38. The van der Waals surface area contributed by atoms with Gasteiger partial charge in [0.2, 0.25) is 11.8 Å². The van der Waals surface area contributed by atoms with Crippen LogP contribution in [0.15, 0.2) is 23.2 Å². The second-order valence-corrected chi connectivity index (χ2v) is 6.31. The molecule has 0 radical (unpaired) electrons. The largest absolute Gasteiger partial charge is 0.370 e. The number of amides is 3.